The lowest BCUT2D eigenvalue weighted by Gasteiger charge is -2.01. The third-order valence-electron chi connectivity index (χ3n) is 2.18. The Hall–Kier alpha value is -1.33. The van der Waals surface area contributed by atoms with E-state index in [1.54, 1.807) is 6.07 Å². The fourth-order valence-electron chi connectivity index (χ4n) is 1.39. The van der Waals surface area contributed by atoms with Crippen LogP contribution in [0.1, 0.15) is 6.42 Å². The van der Waals surface area contributed by atoms with Crippen LogP contribution in [0.25, 0.3) is 10.9 Å². The maximum atomic E-state index is 11.7. The number of fused-ring (bicyclic) bond motifs is 1. The van der Waals surface area contributed by atoms with Crippen LogP contribution in [0.5, 0.6) is 0 Å². The Balaban J connectivity index is 2.31. The van der Waals surface area contributed by atoms with E-state index in [9.17, 15) is 4.79 Å². The van der Waals surface area contributed by atoms with E-state index in [0.717, 1.165) is 17.7 Å². The van der Waals surface area contributed by atoms with Gasteiger partial charge in [0.2, 0.25) is 0 Å². The second kappa shape index (κ2) is 5.14. The predicted octanol–water partition coefficient (Wildman–Crippen LogP) is 1.36. The number of rotatable bonds is 4. The smallest absolute Gasteiger partial charge is 0.259 e. The Morgan fingerprint density at radius 1 is 1.38 bits per heavy atom. The summed E-state index contributed by atoms with van der Waals surface area (Å²) in [7, 11) is 0. The van der Waals surface area contributed by atoms with Crippen LogP contribution in [-0.4, -0.2) is 22.3 Å². The summed E-state index contributed by atoms with van der Waals surface area (Å²) in [5.74, 6) is 0.873. The molecule has 16 heavy (non-hydrogen) atoms. The van der Waals surface area contributed by atoms with Gasteiger partial charge in [0, 0.05) is 5.75 Å². The summed E-state index contributed by atoms with van der Waals surface area (Å²) < 4.78 is 0. The number of nitrogens with zero attached hydrogens (tertiary/aromatic N) is 1. The van der Waals surface area contributed by atoms with Crippen molar-refractivity contribution in [1.29, 1.82) is 0 Å². The van der Waals surface area contributed by atoms with Gasteiger partial charge in [-0.3, -0.25) is 4.79 Å². The van der Waals surface area contributed by atoms with E-state index in [-0.39, 0.29) is 5.56 Å². The molecule has 2 aromatic rings. The number of H-pyrrole nitrogens is 1. The average molecular weight is 235 g/mol. The summed E-state index contributed by atoms with van der Waals surface area (Å²) in [6.45, 7) is 0.658. The maximum absolute atomic E-state index is 11.7. The highest BCUT2D eigenvalue weighted by atomic mass is 32.2. The van der Waals surface area contributed by atoms with Crippen LogP contribution in [0.4, 0.5) is 0 Å². The van der Waals surface area contributed by atoms with Gasteiger partial charge >= 0.3 is 0 Å². The molecule has 2 rings (SSSR count). The first-order chi connectivity index (χ1) is 7.81. The molecular weight excluding hydrogens is 222 g/mol. The topological polar surface area (TPSA) is 71.8 Å². The van der Waals surface area contributed by atoms with Gasteiger partial charge < -0.3 is 10.7 Å². The standard InChI is InChI=1S/C11H13N3OS/c12-6-3-7-16-11-13-9-5-2-1-4-8(9)10(15)14-11/h1-2,4-5H,3,6-7,12H2,(H,13,14,15). The van der Waals surface area contributed by atoms with E-state index in [2.05, 4.69) is 9.97 Å². The van der Waals surface area contributed by atoms with Gasteiger partial charge in [-0.1, -0.05) is 23.9 Å². The first-order valence-electron chi connectivity index (χ1n) is 5.13. The Morgan fingerprint density at radius 2 is 2.19 bits per heavy atom. The van der Waals surface area contributed by atoms with E-state index in [0.29, 0.717) is 17.1 Å². The molecule has 4 nitrogen and oxygen atoms in total. The molecule has 0 aliphatic rings. The van der Waals surface area contributed by atoms with Gasteiger partial charge in [0.05, 0.1) is 10.9 Å². The number of para-hydroxylation sites is 1. The molecule has 0 unspecified atom stereocenters. The monoisotopic (exact) mass is 235 g/mol. The predicted molar refractivity (Wildman–Crippen MR) is 66.8 cm³/mol. The highest BCUT2D eigenvalue weighted by molar-refractivity contribution is 7.99. The van der Waals surface area contributed by atoms with Crippen molar-refractivity contribution in [3.05, 3.63) is 34.6 Å². The zero-order valence-corrected chi connectivity index (χ0v) is 9.59. The van der Waals surface area contributed by atoms with Crippen molar-refractivity contribution in [2.45, 2.75) is 11.6 Å². The SMILES string of the molecule is NCCCSc1nc2ccccc2c(=O)[nH]1. The van der Waals surface area contributed by atoms with Gasteiger partial charge in [0.15, 0.2) is 5.16 Å². The zero-order valence-electron chi connectivity index (χ0n) is 8.77. The molecule has 84 valence electrons. The van der Waals surface area contributed by atoms with Crippen molar-refractivity contribution < 1.29 is 0 Å². The third kappa shape index (κ3) is 2.43. The van der Waals surface area contributed by atoms with Gasteiger partial charge in [-0.25, -0.2) is 4.98 Å². The zero-order chi connectivity index (χ0) is 11.4. The molecule has 0 aliphatic carbocycles. The lowest BCUT2D eigenvalue weighted by Crippen LogP contribution is -2.09. The van der Waals surface area contributed by atoms with Crippen molar-refractivity contribution >= 4 is 22.7 Å². The Morgan fingerprint density at radius 3 is 3.00 bits per heavy atom. The first kappa shape index (κ1) is 11.2. The highest BCUT2D eigenvalue weighted by Gasteiger charge is 2.02. The first-order valence-corrected chi connectivity index (χ1v) is 6.12. The minimum Gasteiger partial charge on any atom is -0.330 e. The van der Waals surface area contributed by atoms with Crippen LogP contribution < -0.4 is 11.3 Å². The van der Waals surface area contributed by atoms with Crippen LogP contribution in [0, 0.1) is 0 Å². The number of benzene rings is 1. The van der Waals surface area contributed by atoms with E-state index in [1.165, 1.54) is 11.8 Å². The molecule has 1 aromatic heterocycles. The molecule has 0 spiro atoms. The summed E-state index contributed by atoms with van der Waals surface area (Å²) in [5, 5.41) is 1.29. The van der Waals surface area contributed by atoms with Crippen LogP contribution in [-0.2, 0) is 0 Å². The van der Waals surface area contributed by atoms with Gasteiger partial charge in [-0.2, -0.15) is 0 Å². The van der Waals surface area contributed by atoms with E-state index in [4.69, 9.17) is 5.73 Å². The molecular formula is C11H13N3OS. The number of hydrogen-bond acceptors (Lipinski definition) is 4. The quantitative estimate of drug-likeness (QED) is 0.477. The van der Waals surface area contributed by atoms with E-state index >= 15 is 0 Å². The fraction of sp³-hybridized carbons (Fsp3) is 0.273. The summed E-state index contributed by atoms with van der Waals surface area (Å²) in [4.78, 5) is 18.8. The van der Waals surface area contributed by atoms with Crippen LogP contribution >= 0.6 is 11.8 Å². The summed E-state index contributed by atoms with van der Waals surface area (Å²) in [6.07, 6.45) is 0.918. The second-order valence-corrected chi connectivity index (χ2v) is 4.46. The third-order valence-corrected chi connectivity index (χ3v) is 3.14. The summed E-state index contributed by atoms with van der Waals surface area (Å²) in [6, 6.07) is 7.33. The lowest BCUT2D eigenvalue weighted by atomic mass is 10.2. The molecule has 1 heterocycles. The Bertz CT molecular complexity index is 538. The van der Waals surface area contributed by atoms with Gasteiger partial charge in [-0.05, 0) is 25.1 Å². The molecule has 0 saturated carbocycles. The molecule has 0 radical (unpaired) electrons. The molecule has 0 saturated heterocycles. The average Bonchev–Trinajstić information content (AvgIpc) is 2.30. The van der Waals surface area contributed by atoms with Crippen LogP contribution in [0.3, 0.4) is 0 Å². The number of aromatic nitrogens is 2. The number of nitrogens with two attached hydrogens (primary N) is 1. The lowest BCUT2D eigenvalue weighted by molar-refractivity contribution is 0.927. The molecule has 0 fully saturated rings. The van der Waals surface area contributed by atoms with Crippen molar-refractivity contribution in [3.63, 3.8) is 0 Å². The minimum absolute atomic E-state index is 0.0825. The van der Waals surface area contributed by atoms with Gasteiger partial charge in [0.25, 0.3) is 5.56 Å². The molecule has 0 amide bonds. The summed E-state index contributed by atoms with van der Waals surface area (Å²) >= 11 is 1.53. The molecule has 0 bridgehead atoms. The van der Waals surface area contributed by atoms with E-state index < -0.39 is 0 Å². The van der Waals surface area contributed by atoms with Crippen molar-refractivity contribution in [3.8, 4) is 0 Å². The molecule has 0 aliphatic heterocycles. The maximum Gasteiger partial charge on any atom is 0.259 e. The fourth-order valence-corrected chi connectivity index (χ4v) is 2.22. The highest BCUT2D eigenvalue weighted by Crippen LogP contribution is 2.14. The van der Waals surface area contributed by atoms with E-state index in [1.807, 2.05) is 18.2 Å². The van der Waals surface area contributed by atoms with Crippen LogP contribution in [0.2, 0.25) is 0 Å². The van der Waals surface area contributed by atoms with Gasteiger partial charge in [-0.15, -0.1) is 0 Å². The Labute approximate surface area is 97.3 Å². The molecule has 0 atom stereocenters. The Kier molecular flexibility index (Phi) is 3.58. The number of aromatic amines is 1. The van der Waals surface area contributed by atoms with Gasteiger partial charge in [0.1, 0.15) is 0 Å². The second-order valence-electron chi connectivity index (χ2n) is 3.38. The molecule has 1 aromatic carbocycles. The van der Waals surface area contributed by atoms with Crippen molar-refractivity contribution in [1.82, 2.24) is 9.97 Å². The number of hydrogen-bond donors (Lipinski definition) is 2. The molecule has 3 N–H and O–H groups in total. The van der Waals surface area contributed by atoms with Crippen LogP contribution in [0.15, 0.2) is 34.2 Å². The number of thioether (sulfide) groups is 1. The van der Waals surface area contributed by atoms with Crippen molar-refractivity contribution in [2.75, 3.05) is 12.3 Å². The van der Waals surface area contributed by atoms with Crippen molar-refractivity contribution in [2.24, 2.45) is 5.73 Å². The normalized spacial score (nSPS) is 10.8. The summed E-state index contributed by atoms with van der Waals surface area (Å²) in [5.41, 5.74) is 6.06. The molecule has 5 heteroatoms. The largest absolute Gasteiger partial charge is 0.330 e. The minimum atomic E-state index is -0.0825. The number of nitrogens with one attached hydrogen (secondary N) is 1.